The summed E-state index contributed by atoms with van der Waals surface area (Å²) in [4.78, 5) is 12.6. The first kappa shape index (κ1) is 12.4. The predicted molar refractivity (Wildman–Crippen MR) is 75.9 cm³/mol. The molecule has 2 rings (SSSR count). The predicted octanol–water partition coefficient (Wildman–Crippen LogP) is 2.08. The number of nitrogens with two attached hydrogens (primary N) is 2. The summed E-state index contributed by atoms with van der Waals surface area (Å²) in [6.45, 7) is 0.755. The van der Waals surface area contributed by atoms with Crippen molar-refractivity contribution in [1.82, 2.24) is 0 Å². The van der Waals surface area contributed by atoms with Crippen LogP contribution >= 0.6 is 11.3 Å². The Morgan fingerprint density at radius 2 is 2.17 bits per heavy atom. The summed E-state index contributed by atoms with van der Waals surface area (Å²) in [7, 11) is 0. The number of amides is 1. The molecule has 0 aliphatic heterocycles. The number of nitrogens with one attached hydrogen (secondary N) is 1. The van der Waals surface area contributed by atoms with Crippen molar-refractivity contribution in [1.29, 1.82) is 0 Å². The first-order chi connectivity index (χ1) is 8.66. The van der Waals surface area contributed by atoms with Crippen LogP contribution in [0.25, 0.3) is 0 Å². The van der Waals surface area contributed by atoms with Crippen molar-refractivity contribution >= 4 is 28.6 Å². The third-order valence-corrected chi connectivity index (χ3v) is 3.51. The van der Waals surface area contributed by atoms with Gasteiger partial charge in [0.1, 0.15) is 0 Å². The monoisotopic (exact) mass is 261 g/mol. The topological polar surface area (TPSA) is 81.1 Å². The van der Waals surface area contributed by atoms with Crippen LogP contribution < -0.4 is 16.8 Å². The quantitative estimate of drug-likeness (QED) is 0.721. The van der Waals surface area contributed by atoms with Crippen LogP contribution in [-0.4, -0.2) is 12.5 Å². The number of hydrogen-bond acceptors (Lipinski definition) is 4. The van der Waals surface area contributed by atoms with Gasteiger partial charge in [0.25, 0.3) is 5.91 Å². The van der Waals surface area contributed by atoms with Crippen molar-refractivity contribution in [3.63, 3.8) is 0 Å². The number of benzene rings is 1. The third kappa shape index (κ3) is 3.01. The van der Waals surface area contributed by atoms with Gasteiger partial charge in [-0.15, -0.1) is 11.3 Å². The fourth-order valence-corrected chi connectivity index (χ4v) is 2.40. The van der Waals surface area contributed by atoms with Crippen LogP contribution in [0.2, 0.25) is 0 Å². The van der Waals surface area contributed by atoms with E-state index in [9.17, 15) is 4.79 Å². The number of nitrogen functional groups attached to an aromatic ring is 1. The average molecular weight is 261 g/mol. The number of hydrogen-bond donors (Lipinski definition) is 3. The van der Waals surface area contributed by atoms with Crippen LogP contribution in [0.5, 0.6) is 0 Å². The molecule has 1 aromatic carbocycles. The van der Waals surface area contributed by atoms with Crippen LogP contribution in [-0.2, 0) is 6.42 Å². The van der Waals surface area contributed by atoms with E-state index in [-0.39, 0.29) is 0 Å². The van der Waals surface area contributed by atoms with Crippen molar-refractivity contribution in [2.75, 3.05) is 17.6 Å². The molecule has 5 N–H and O–H groups in total. The molecule has 0 spiro atoms. The van der Waals surface area contributed by atoms with Gasteiger partial charge in [-0.2, -0.15) is 0 Å². The van der Waals surface area contributed by atoms with Crippen LogP contribution in [0.4, 0.5) is 11.4 Å². The van der Waals surface area contributed by atoms with E-state index in [0.29, 0.717) is 11.3 Å². The van der Waals surface area contributed by atoms with Gasteiger partial charge in [0, 0.05) is 22.8 Å². The Bertz CT molecular complexity index is 537. The number of rotatable bonds is 5. The molecule has 1 aromatic heterocycles. The summed E-state index contributed by atoms with van der Waals surface area (Å²) < 4.78 is 0. The molecule has 0 bridgehead atoms. The average Bonchev–Trinajstić information content (AvgIpc) is 2.84. The summed E-state index contributed by atoms with van der Waals surface area (Å²) in [6.07, 6.45) is 0.917. The minimum absolute atomic E-state index is 0.432. The Balaban J connectivity index is 2.02. The maximum atomic E-state index is 11.3. The van der Waals surface area contributed by atoms with Gasteiger partial charge in [-0.1, -0.05) is 6.07 Å². The minimum Gasteiger partial charge on any atom is -0.399 e. The van der Waals surface area contributed by atoms with Gasteiger partial charge < -0.3 is 16.8 Å². The molecule has 0 saturated heterocycles. The number of anilines is 2. The second-order valence-corrected chi connectivity index (χ2v) is 4.96. The molecule has 1 heterocycles. The summed E-state index contributed by atoms with van der Waals surface area (Å²) in [5.74, 6) is -0.471. The van der Waals surface area contributed by atoms with Crippen LogP contribution in [0.3, 0.4) is 0 Å². The Hall–Kier alpha value is -2.01. The van der Waals surface area contributed by atoms with Gasteiger partial charge in [0.15, 0.2) is 0 Å². The molecule has 0 fully saturated rings. The lowest BCUT2D eigenvalue weighted by Crippen LogP contribution is -2.15. The maximum absolute atomic E-state index is 11.3. The molecule has 18 heavy (non-hydrogen) atoms. The first-order valence-electron chi connectivity index (χ1n) is 5.62. The maximum Gasteiger partial charge on any atom is 0.250 e. The molecule has 5 heteroatoms. The van der Waals surface area contributed by atoms with Crippen molar-refractivity contribution in [3.8, 4) is 0 Å². The molecule has 94 valence electrons. The second-order valence-electron chi connectivity index (χ2n) is 3.93. The summed E-state index contributed by atoms with van der Waals surface area (Å²) in [6, 6.07) is 9.24. The lowest BCUT2D eigenvalue weighted by atomic mass is 10.1. The number of thiophene rings is 1. The van der Waals surface area contributed by atoms with Gasteiger partial charge in [-0.05, 0) is 36.1 Å². The van der Waals surface area contributed by atoms with E-state index >= 15 is 0 Å². The van der Waals surface area contributed by atoms with Crippen molar-refractivity contribution in [2.45, 2.75) is 6.42 Å². The normalized spacial score (nSPS) is 10.2. The molecular weight excluding hydrogens is 246 g/mol. The Kier molecular flexibility index (Phi) is 3.84. The van der Waals surface area contributed by atoms with E-state index < -0.39 is 5.91 Å². The molecule has 0 saturated carbocycles. The van der Waals surface area contributed by atoms with Gasteiger partial charge in [-0.3, -0.25) is 4.79 Å². The molecule has 2 aromatic rings. The van der Waals surface area contributed by atoms with Gasteiger partial charge in [-0.25, -0.2) is 0 Å². The summed E-state index contributed by atoms with van der Waals surface area (Å²) >= 11 is 1.72. The highest BCUT2D eigenvalue weighted by molar-refractivity contribution is 7.09. The molecule has 4 nitrogen and oxygen atoms in total. The fourth-order valence-electron chi connectivity index (χ4n) is 1.70. The standard InChI is InChI=1S/C13H15N3OS/c14-9-3-4-12(11(8-9)13(15)17)16-6-5-10-2-1-7-18-10/h1-4,7-8,16H,5-6,14H2,(H2,15,17). The SMILES string of the molecule is NC(=O)c1cc(N)ccc1NCCc1cccs1. The van der Waals surface area contributed by atoms with Crippen LogP contribution in [0, 0.1) is 0 Å². The highest BCUT2D eigenvalue weighted by Gasteiger charge is 2.08. The van der Waals surface area contributed by atoms with E-state index in [1.807, 2.05) is 11.4 Å². The molecule has 0 unspecified atom stereocenters. The van der Waals surface area contributed by atoms with E-state index in [0.717, 1.165) is 18.7 Å². The Labute approximate surface area is 110 Å². The molecular formula is C13H15N3OS. The van der Waals surface area contributed by atoms with E-state index in [1.54, 1.807) is 29.5 Å². The first-order valence-corrected chi connectivity index (χ1v) is 6.50. The molecule has 0 aliphatic carbocycles. The highest BCUT2D eigenvalue weighted by Crippen LogP contribution is 2.18. The Morgan fingerprint density at radius 3 is 2.83 bits per heavy atom. The largest absolute Gasteiger partial charge is 0.399 e. The lowest BCUT2D eigenvalue weighted by Gasteiger charge is -2.10. The smallest absolute Gasteiger partial charge is 0.250 e. The number of primary amides is 1. The minimum atomic E-state index is -0.471. The van der Waals surface area contributed by atoms with E-state index in [4.69, 9.17) is 11.5 Å². The molecule has 0 aliphatic rings. The molecule has 0 atom stereocenters. The molecule has 1 amide bonds. The number of carbonyl (C=O) groups is 1. The third-order valence-electron chi connectivity index (χ3n) is 2.58. The van der Waals surface area contributed by atoms with Crippen molar-refractivity contribution in [2.24, 2.45) is 5.73 Å². The van der Waals surface area contributed by atoms with E-state index in [1.165, 1.54) is 4.88 Å². The summed E-state index contributed by atoms with van der Waals surface area (Å²) in [5, 5.41) is 5.26. The number of carbonyl (C=O) groups excluding carboxylic acids is 1. The zero-order valence-corrected chi connectivity index (χ0v) is 10.7. The van der Waals surface area contributed by atoms with Gasteiger partial charge in [0.05, 0.1) is 5.56 Å². The zero-order valence-electron chi connectivity index (χ0n) is 9.85. The lowest BCUT2D eigenvalue weighted by molar-refractivity contribution is 0.100. The van der Waals surface area contributed by atoms with Crippen molar-refractivity contribution in [3.05, 3.63) is 46.2 Å². The van der Waals surface area contributed by atoms with E-state index in [2.05, 4.69) is 11.4 Å². The highest BCUT2D eigenvalue weighted by atomic mass is 32.1. The van der Waals surface area contributed by atoms with Crippen molar-refractivity contribution < 1.29 is 4.79 Å². The fraction of sp³-hybridized carbons (Fsp3) is 0.154. The zero-order chi connectivity index (χ0) is 13.0. The Morgan fingerprint density at radius 1 is 1.33 bits per heavy atom. The summed E-state index contributed by atoms with van der Waals surface area (Å²) in [5.41, 5.74) is 12.7. The van der Waals surface area contributed by atoms with Crippen LogP contribution in [0.1, 0.15) is 15.2 Å². The molecule has 0 radical (unpaired) electrons. The van der Waals surface area contributed by atoms with Crippen LogP contribution in [0.15, 0.2) is 35.7 Å². The van der Waals surface area contributed by atoms with Gasteiger partial charge >= 0.3 is 0 Å². The van der Waals surface area contributed by atoms with Gasteiger partial charge in [0.2, 0.25) is 0 Å². The second kappa shape index (κ2) is 5.55.